The number of carbonyl (C=O) groups excluding carboxylic acids is 4. The average molecular weight is 421 g/mol. The molecule has 0 spiro atoms. The lowest BCUT2D eigenvalue weighted by atomic mass is 10.1. The van der Waals surface area contributed by atoms with Crippen LogP contribution in [0.1, 0.15) is 38.0 Å². The van der Waals surface area contributed by atoms with Crippen molar-refractivity contribution >= 4 is 29.2 Å². The molecular weight excluding hydrogens is 398 g/mol. The fourth-order valence-corrected chi connectivity index (χ4v) is 3.77. The van der Waals surface area contributed by atoms with Gasteiger partial charge in [-0.05, 0) is 43.3 Å². The maximum absolute atomic E-state index is 12.5. The summed E-state index contributed by atoms with van der Waals surface area (Å²) in [6, 6.07) is 12.6. The molecule has 1 saturated heterocycles. The van der Waals surface area contributed by atoms with Crippen molar-refractivity contribution in [2.24, 2.45) is 0 Å². The number of ether oxygens (including phenoxy) is 1. The minimum absolute atomic E-state index is 0.219. The molecule has 2 aliphatic rings. The highest BCUT2D eigenvalue weighted by Crippen LogP contribution is 2.24. The lowest BCUT2D eigenvalue weighted by Crippen LogP contribution is -2.48. The number of ketones is 1. The van der Waals surface area contributed by atoms with E-state index in [-0.39, 0.29) is 23.5 Å². The van der Waals surface area contributed by atoms with Crippen molar-refractivity contribution in [2.45, 2.75) is 13.0 Å². The molecular formula is C23H23N3O5. The molecule has 2 heterocycles. The summed E-state index contributed by atoms with van der Waals surface area (Å²) in [4.78, 5) is 53.2. The Labute approximate surface area is 179 Å². The van der Waals surface area contributed by atoms with Gasteiger partial charge in [0.2, 0.25) is 5.91 Å². The Balaban J connectivity index is 1.34. The molecule has 160 valence electrons. The fraction of sp³-hybridized carbons (Fsp3) is 0.304. The highest BCUT2D eigenvalue weighted by atomic mass is 16.5. The summed E-state index contributed by atoms with van der Waals surface area (Å²) in [5, 5.41) is 2.54. The van der Waals surface area contributed by atoms with Gasteiger partial charge in [-0.25, -0.2) is 0 Å². The summed E-state index contributed by atoms with van der Waals surface area (Å²) in [5.74, 6) is -1.83. The van der Waals surface area contributed by atoms with Crippen LogP contribution in [0.25, 0.3) is 0 Å². The fourth-order valence-electron chi connectivity index (χ4n) is 3.77. The molecule has 8 nitrogen and oxygen atoms in total. The van der Waals surface area contributed by atoms with Gasteiger partial charge in [-0.15, -0.1) is 0 Å². The Bertz CT molecular complexity index is 993. The normalized spacial score (nSPS) is 16.8. The van der Waals surface area contributed by atoms with E-state index in [0.29, 0.717) is 18.8 Å². The number of nitrogens with zero attached hydrogens (tertiary/aromatic N) is 2. The quantitative estimate of drug-likeness (QED) is 0.561. The Morgan fingerprint density at radius 1 is 0.968 bits per heavy atom. The number of nitrogens with one attached hydrogen (secondary N) is 1. The molecule has 0 radical (unpaired) electrons. The van der Waals surface area contributed by atoms with Crippen LogP contribution in [0.3, 0.4) is 0 Å². The minimum atomic E-state index is -1.02. The molecule has 2 aromatic carbocycles. The number of amides is 3. The number of morpholine rings is 1. The zero-order valence-electron chi connectivity index (χ0n) is 17.2. The average Bonchev–Trinajstić information content (AvgIpc) is 3.07. The second kappa shape index (κ2) is 8.69. The molecule has 0 aliphatic carbocycles. The van der Waals surface area contributed by atoms with Crippen molar-refractivity contribution < 1.29 is 23.9 Å². The first-order valence-corrected chi connectivity index (χ1v) is 10.2. The van der Waals surface area contributed by atoms with Crippen LogP contribution in [0, 0.1) is 0 Å². The van der Waals surface area contributed by atoms with Gasteiger partial charge in [0, 0.05) is 24.3 Å². The number of carbonyl (C=O) groups is 4. The van der Waals surface area contributed by atoms with Crippen LogP contribution < -0.4 is 10.2 Å². The van der Waals surface area contributed by atoms with E-state index in [4.69, 9.17) is 4.74 Å². The third kappa shape index (κ3) is 4.06. The largest absolute Gasteiger partial charge is 0.378 e. The first kappa shape index (κ1) is 20.7. The number of anilines is 1. The minimum Gasteiger partial charge on any atom is -0.378 e. The molecule has 2 aliphatic heterocycles. The summed E-state index contributed by atoms with van der Waals surface area (Å²) < 4.78 is 5.34. The second-order valence-corrected chi connectivity index (χ2v) is 7.49. The Kier molecular flexibility index (Phi) is 5.81. The van der Waals surface area contributed by atoms with E-state index < -0.39 is 23.8 Å². The first-order valence-electron chi connectivity index (χ1n) is 10.2. The van der Waals surface area contributed by atoms with E-state index in [1.54, 1.807) is 36.4 Å². The summed E-state index contributed by atoms with van der Waals surface area (Å²) in [6.07, 6.45) is 0. The predicted molar refractivity (Wildman–Crippen MR) is 113 cm³/mol. The Morgan fingerprint density at radius 3 is 2.13 bits per heavy atom. The van der Waals surface area contributed by atoms with Gasteiger partial charge in [-0.1, -0.05) is 12.1 Å². The van der Waals surface area contributed by atoms with Crippen molar-refractivity contribution in [3.05, 3.63) is 65.2 Å². The standard InChI is InChI=1S/C23H23N3O5/c1-15(26-22(29)18-4-2-3-5-19(18)23(26)30)21(28)24-14-20(27)16-6-8-17(9-7-16)25-10-12-31-13-11-25/h2-9,15H,10-14H2,1H3,(H,24,28). The number of hydrogen-bond acceptors (Lipinski definition) is 6. The lowest BCUT2D eigenvalue weighted by molar-refractivity contribution is -0.124. The molecule has 31 heavy (non-hydrogen) atoms. The van der Waals surface area contributed by atoms with Gasteiger partial charge in [-0.3, -0.25) is 24.1 Å². The van der Waals surface area contributed by atoms with E-state index in [9.17, 15) is 19.2 Å². The molecule has 0 bridgehead atoms. The van der Waals surface area contributed by atoms with Crippen LogP contribution in [-0.2, 0) is 9.53 Å². The Morgan fingerprint density at radius 2 is 1.55 bits per heavy atom. The molecule has 1 unspecified atom stereocenters. The van der Waals surface area contributed by atoms with E-state index in [2.05, 4.69) is 10.2 Å². The van der Waals surface area contributed by atoms with Crippen molar-refractivity contribution in [1.29, 1.82) is 0 Å². The van der Waals surface area contributed by atoms with Crippen molar-refractivity contribution in [1.82, 2.24) is 10.2 Å². The lowest BCUT2D eigenvalue weighted by Gasteiger charge is -2.28. The monoisotopic (exact) mass is 421 g/mol. The SMILES string of the molecule is CC(C(=O)NCC(=O)c1ccc(N2CCOCC2)cc1)N1C(=O)c2ccccc2C1=O. The van der Waals surface area contributed by atoms with Gasteiger partial charge >= 0.3 is 0 Å². The van der Waals surface area contributed by atoms with Crippen molar-refractivity contribution in [2.75, 3.05) is 37.7 Å². The molecule has 4 rings (SSSR count). The zero-order chi connectivity index (χ0) is 22.0. The molecule has 1 N–H and O–H groups in total. The van der Waals surface area contributed by atoms with Crippen molar-refractivity contribution in [3.8, 4) is 0 Å². The number of fused-ring (bicyclic) bond motifs is 1. The highest BCUT2D eigenvalue weighted by molar-refractivity contribution is 6.22. The van der Waals surface area contributed by atoms with Gasteiger partial charge in [-0.2, -0.15) is 0 Å². The van der Waals surface area contributed by atoms with Crippen LogP contribution in [0.2, 0.25) is 0 Å². The Hall–Kier alpha value is -3.52. The third-order valence-electron chi connectivity index (χ3n) is 5.58. The summed E-state index contributed by atoms with van der Waals surface area (Å²) in [6.45, 7) is 4.22. The molecule has 1 atom stereocenters. The smallest absolute Gasteiger partial charge is 0.262 e. The zero-order valence-corrected chi connectivity index (χ0v) is 17.2. The maximum Gasteiger partial charge on any atom is 0.262 e. The second-order valence-electron chi connectivity index (χ2n) is 7.49. The number of Topliss-reactive ketones (excluding diaryl/α,β-unsaturated/α-hetero) is 1. The van der Waals surface area contributed by atoms with E-state index in [1.807, 2.05) is 12.1 Å². The predicted octanol–water partition coefficient (Wildman–Crippen LogP) is 1.51. The van der Waals surface area contributed by atoms with Gasteiger partial charge < -0.3 is 15.0 Å². The van der Waals surface area contributed by atoms with Gasteiger partial charge in [0.15, 0.2) is 5.78 Å². The highest BCUT2D eigenvalue weighted by Gasteiger charge is 2.40. The van der Waals surface area contributed by atoms with E-state index >= 15 is 0 Å². The summed E-state index contributed by atoms with van der Waals surface area (Å²) in [7, 11) is 0. The number of rotatable bonds is 6. The van der Waals surface area contributed by atoms with Crippen LogP contribution in [-0.4, -0.2) is 67.3 Å². The van der Waals surface area contributed by atoms with Crippen LogP contribution in [0.5, 0.6) is 0 Å². The topological polar surface area (TPSA) is 96.0 Å². The van der Waals surface area contributed by atoms with Gasteiger partial charge in [0.25, 0.3) is 11.8 Å². The van der Waals surface area contributed by atoms with Crippen LogP contribution in [0.15, 0.2) is 48.5 Å². The summed E-state index contributed by atoms with van der Waals surface area (Å²) >= 11 is 0. The molecule has 0 saturated carbocycles. The molecule has 0 aromatic heterocycles. The van der Waals surface area contributed by atoms with Crippen LogP contribution in [0.4, 0.5) is 5.69 Å². The van der Waals surface area contributed by atoms with Crippen LogP contribution >= 0.6 is 0 Å². The van der Waals surface area contributed by atoms with E-state index in [1.165, 1.54) is 6.92 Å². The number of benzene rings is 2. The van der Waals surface area contributed by atoms with E-state index in [0.717, 1.165) is 23.7 Å². The molecule has 3 amide bonds. The van der Waals surface area contributed by atoms with Gasteiger partial charge in [0.05, 0.1) is 30.9 Å². The van der Waals surface area contributed by atoms with Crippen molar-refractivity contribution in [3.63, 3.8) is 0 Å². The first-order chi connectivity index (χ1) is 15.0. The third-order valence-corrected chi connectivity index (χ3v) is 5.58. The summed E-state index contributed by atoms with van der Waals surface area (Å²) in [5.41, 5.74) is 2.06. The molecule has 8 heteroatoms. The number of imide groups is 1. The molecule has 2 aromatic rings. The maximum atomic E-state index is 12.5. The van der Waals surface area contributed by atoms with Gasteiger partial charge in [0.1, 0.15) is 6.04 Å². The number of hydrogen-bond donors (Lipinski definition) is 1. The molecule has 1 fully saturated rings.